The van der Waals surface area contributed by atoms with Crippen LogP contribution in [0.4, 0.5) is 0 Å². The van der Waals surface area contributed by atoms with E-state index in [-0.39, 0.29) is 5.56 Å². The van der Waals surface area contributed by atoms with Crippen LogP contribution in [0, 0.1) is 0 Å². The van der Waals surface area contributed by atoms with Gasteiger partial charge in [0.05, 0.1) is 17.5 Å². The SMILES string of the molecule is CCCOC(=O)C(C)n1c(-c2cccnc2)nc2ccccc2c1=O. The summed E-state index contributed by atoms with van der Waals surface area (Å²) in [7, 11) is 0. The second-order valence-electron chi connectivity index (χ2n) is 5.71. The number of esters is 1. The van der Waals surface area contributed by atoms with Crippen LogP contribution in [-0.4, -0.2) is 27.1 Å². The van der Waals surface area contributed by atoms with Crippen LogP contribution in [0.1, 0.15) is 26.3 Å². The molecule has 0 radical (unpaired) electrons. The van der Waals surface area contributed by atoms with Gasteiger partial charge in [0.15, 0.2) is 0 Å². The first-order chi connectivity index (χ1) is 12.1. The van der Waals surface area contributed by atoms with E-state index >= 15 is 0 Å². The van der Waals surface area contributed by atoms with Crippen molar-refractivity contribution in [1.29, 1.82) is 0 Å². The predicted octanol–water partition coefficient (Wildman–Crippen LogP) is 2.97. The molecule has 0 bridgehead atoms. The van der Waals surface area contributed by atoms with Gasteiger partial charge in [0.25, 0.3) is 5.56 Å². The van der Waals surface area contributed by atoms with Crippen molar-refractivity contribution in [2.24, 2.45) is 0 Å². The number of nitrogens with zero attached hydrogens (tertiary/aromatic N) is 3. The summed E-state index contributed by atoms with van der Waals surface area (Å²) in [6.45, 7) is 3.89. The van der Waals surface area contributed by atoms with Crippen LogP contribution in [0.3, 0.4) is 0 Å². The number of rotatable bonds is 5. The molecule has 25 heavy (non-hydrogen) atoms. The molecule has 2 heterocycles. The summed E-state index contributed by atoms with van der Waals surface area (Å²) in [6, 6.07) is 9.88. The Hall–Kier alpha value is -3.02. The summed E-state index contributed by atoms with van der Waals surface area (Å²) in [5, 5.41) is 0.463. The van der Waals surface area contributed by atoms with Crippen LogP contribution in [-0.2, 0) is 9.53 Å². The maximum absolute atomic E-state index is 13.0. The molecular formula is C19H19N3O3. The molecule has 0 aliphatic heterocycles. The molecule has 2 aromatic heterocycles. The minimum atomic E-state index is -0.786. The Balaban J connectivity index is 2.22. The average molecular weight is 337 g/mol. The van der Waals surface area contributed by atoms with Gasteiger partial charge in [-0.25, -0.2) is 9.78 Å². The summed E-state index contributed by atoms with van der Waals surface area (Å²) in [5.41, 5.74) is 0.975. The standard InChI is InChI=1S/C19H19N3O3/c1-3-11-25-19(24)13(2)22-17(14-7-6-10-20-12-14)21-16-9-5-4-8-15(16)18(22)23/h4-10,12-13H,3,11H2,1-2H3. The molecule has 6 heteroatoms. The second kappa shape index (κ2) is 7.25. The van der Waals surface area contributed by atoms with E-state index in [9.17, 15) is 9.59 Å². The Kier molecular flexibility index (Phi) is 4.88. The number of aromatic nitrogens is 3. The fourth-order valence-corrected chi connectivity index (χ4v) is 2.63. The van der Waals surface area contributed by atoms with Gasteiger partial charge in [-0.15, -0.1) is 0 Å². The third kappa shape index (κ3) is 3.28. The smallest absolute Gasteiger partial charge is 0.329 e. The van der Waals surface area contributed by atoms with E-state index in [0.717, 1.165) is 6.42 Å². The van der Waals surface area contributed by atoms with Gasteiger partial charge in [-0.05, 0) is 37.6 Å². The number of pyridine rings is 1. The van der Waals surface area contributed by atoms with Gasteiger partial charge < -0.3 is 4.74 Å². The number of ether oxygens (including phenoxy) is 1. The minimum Gasteiger partial charge on any atom is -0.464 e. The Morgan fingerprint density at radius 2 is 2.04 bits per heavy atom. The van der Waals surface area contributed by atoms with Gasteiger partial charge in [0, 0.05) is 18.0 Å². The number of hydrogen-bond donors (Lipinski definition) is 0. The van der Waals surface area contributed by atoms with E-state index in [1.165, 1.54) is 4.57 Å². The third-order valence-electron chi connectivity index (χ3n) is 3.90. The van der Waals surface area contributed by atoms with Crippen LogP contribution in [0.15, 0.2) is 53.6 Å². The molecular weight excluding hydrogens is 318 g/mol. The quantitative estimate of drug-likeness (QED) is 0.669. The summed E-state index contributed by atoms with van der Waals surface area (Å²) < 4.78 is 6.61. The van der Waals surface area contributed by atoms with Crippen molar-refractivity contribution < 1.29 is 9.53 Å². The second-order valence-corrected chi connectivity index (χ2v) is 5.71. The highest BCUT2D eigenvalue weighted by atomic mass is 16.5. The van der Waals surface area contributed by atoms with Crippen molar-refractivity contribution in [3.05, 3.63) is 59.1 Å². The number of carbonyl (C=O) groups is 1. The van der Waals surface area contributed by atoms with Crippen molar-refractivity contribution in [2.75, 3.05) is 6.61 Å². The maximum atomic E-state index is 13.0. The van der Waals surface area contributed by atoms with Crippen LogP contribution in [0.25, 0.3) is 22.3 Å². The number of carbonyl (C=O) groups excluding carboxylic acids is 1. The van der Waals surface area contributed by atoms with E-state index in [1.54, 1.807) is 43.6 Å². The summed E-state index contributed by atoms with van der Waals surface area (Å²) in [4.78, 5) is 34.1. The monoisotopic (exact) mass is 337 g/mol. The zero-order valence-electron chi connectivity index (χ0n) is 14.2. The van der Waals surface area contributed by atoms with Gasteiger partial charge in [-0.1, -0.05) is 19.1 Å². The van der Waals surface area contributed by atoms with E-state index < -0.39 is 12.0 Å². The lowest BCUT2D eigenvalue weighted by Crippen LogP contribution is -2.31. The number of fused-ring (bicyclic) bond motifs is 1. The zero-order valence-corrected chi connectivity index (χ0v) is 14.2. The predicted molar refractivity (Wildman–Crippen MR) is 95.2 cm³/mol. The first kappa shape index (κ1) is 16.8. The van der Waals surface area contributed by atoms with Gasteiger partial charge in [-0.2, -0.15) is 0 Å². The molecule has 0 fully saturated rings. The van der Waals surface area contributed by atoms with Crippen LogP contribution < -0.4 is 5.56 Å². The van der Waals surface area contributed by atoms with Gasteiger partial charge >= 0.3 is 5.97 Å². The van der Waals surface area contributed by atoms with E-state index in [1.807, 2.05) is 19.1 Å². The molecule has 0 aliphatic rings. The van der Waals surface area contributed by atoms with E-state index in [0.29, 0.717) is 28.9 Å². The molecule has 128 valence electrons. The Morgan fingerprint density at radius 3 is 2.76 bits per heavy atom. The average Bonchev–Trinajstić information content (AvgIpc) is 2.66. The molecule has 0 amide bonds. The fourth-order valence-electron chi connectivity index (χ4n) is 2.63. The van der Waals surface area contributed by atoms with Crippen molar-refractivity contribution in [2.45, 2.75) is 26.3 Å². The van der Waals surface area contributed by atoms with Crippen molar-refractivity contribution in [1.82, 2.24) is 14.5 Å². The largest absolute Gasteiger partial charge is 0.464 e. The van der Waals surface area contributed by atoms with Crippen molar-refractivity contribution >= 4 is 16.9 Å². The molecule has 0 N–H and O–H groups in total. The lowest BCUT2D eigenvalue weighted by Gasteiger charge is -2.19. The third-order valence-corrected chi connectivity index (χ3v) is 3.90. The normalized spacial score (nSPS) is 12.1. The highest BCUT2D eigenvalue weighted by Gasteiger charge is 2.23. The first-order valence-electron chi connectivity index (χ1n) is 8.21. The lowest BCUT2D eigenvalue weighted by molar-refractivity contribution is -0.147. The Labute approximate surface area is 145 Å². The Morgan fingerprint density at radius 1 is 1.24 bits per heavy atom. The first-order valence-corrected chi connectivity index (χ1v) is 8.21. The highest BCUT2D eigenvalue weighted by molar-refractivity contribution is 5.81. The summed E-state index contributed by atoms with van der Waals surface area (Å²) in [5.74, 6) is -0.0519. The maximum Gasteiger partial charge on any atom is 0.329 e. The zero-order chi connectivity index (χ0) is 17.8. The number of benzene rings is 1. The molecule has 0 aliphatic carbocycles. The fraction of sp³-hybridized carbons (Fsp3) is 0.263. The number of para-hydroxylation sites is 1. The topological polar surface area (TPSA) is 74.1 Å². The minimum absolute atomic E-state index is 0.273. The van der Waals surface area contributed by atoms with Crippen molar-refractivity contribution in [3.63, 3.8) is 0 Å². The molecule has 1 atom stereocenters. The van der Waals surface area contributed by atoms with Crippen molar-refractivity contribution in [3.8, 4) is 11.4 Å². The van der Waals surface area contributed by atoms with Gasteiger partial charge in [0.2, 0.25) is 0 Å². The molecule has 3 rings (SSSR count). The molecule has 0 saturated heterocycles. The van der Waals surface area contributed by atoms with E-state index in [4.69, 9.17) is 4.74 Å². The van der Waals surface area contributed by atoms with E-state index in [2.05, 4.69) is 9.97 Å². The molecule has 1 aromatic carbocycles. The highest BCUT2D eigenvalue weighted by Crippen LogP contribution is 2.21. The molecule has 6 nitrogen and oxygen atoms in total. The molecule has 3 aromatic rings. The summed E-state index contributed by atoms with van der Waals surface area (Å²) >= 11 is 0. The molecule has 1 unspecified atom stereocenters. The van der Waals surface area contributed by atoms with Crippen LogP contribution >= 0.6 is 0 Å². The molecule has 0 spiro atoms. The summed E-state index contributed by atoms with van der Waals surface area (Å²) in [6.07, 6.45) is 3.99. The van der Waals surface area contributed by atoms with Gasteiger partial charge in [0.1, 0.15) is 11.9 Å². The van der Waals surface area contributed by atoms with Crippen LogP contribution in [0.5, 0.6) is 0 Å². The van der Waals surface area contributed by atoms with Crippen LogP contribution in [0.2, 0.25) is 0 Å². The lowest BCUT2D eigenvalue weighted by atomic mass is 10.2. The molecule has 0 saturated carbocycles. The number of hydrogen-bond acceptors (Lipinski definition) is 5. The van der Waals surface area contributed by atoms with Gasteiger partial charge in [-0.3, -0.25) is 14.3 Å². The Bertz CT molecular complexity index is 951.